The number of benzene rings is 2. The summed E-state index contributed by atoms with van der Waals surface area (Å²) in [5.74, 6) is 0.988. The standard InChI is InChI=1S/C27H39N3O6S/c1-20(2)18-28-27(32)21(3)29(19-22-10-7-12-24(16-22)35-4)26(31)14-9-15-30(37(6,33)34)23-11-8-13-25(17-23)36-5/h7-8,10-13,16-17,20-21H,9,14-15,18-19H2,1-6H3,(H,28,32)/t21-/m1/s1. The Morgan fingerprint density at radius 3 is 2.19 bits per heavy atom. The van der Waals surface area contributed by atoms with E-state index in [2.05, 4.69) is 5.32 Å². The van der Waals surface area contributed by atoms with E-state index in [9.17, 15) is 18.0 Å². The van der Waals surface area contributed by atoms with Crippen molar-refractivity contribution >= 4 is 27.5 Å². The molecule has 0 unspecified atom stereocenters. The zero-order valence-corrected chi connectivity index (χ0v) is 23.4. The third-order valence-electron chi connectivity index (χ3n) is 5.83. The molecule has 0 saturated heterocycles. The minimum Gasteiger partial charge on any atom is -0.497 e. The second-order valence-corrected chi connectivity index (χ2v) is 11.2. The molecule has 0 aliphatic carbocycles. The van der Waals surface area contributed by atoms with Crippen LogP contribution in [0, 0.1) is 5.92 Å². The minimum atomic E-state index is -3.59. The number of carbonyl (C=O) groups is 2. The number of rotatable bonds is 14. The van der Waals surface area contributed by atoms with E-state index in [4.69, 9.17) is 9.47 Å². The van der Waals surface area contributed by atoms with E-state index in [0.29, 0.717) is 23.7 Å². The van der Waals surface area contributed by atoms with E-state index >= 15 is 0 Å². The topological polar surface area (TPSA) is 105 Å². The predicted octanol–water partition coefficient (Wildman–Crippen LogP) is 3.44. The summed E-state index contributed by atoms with van der Waals surface area (Å²) in [4.78, 5) is 27.7. The molecule has 0 radical (unpaired) electrons. The molecule has 2 rings (SSSR count). The Morgan fingerprint density at radius 1 is 0.973 bits per heavy atom. The van der Waals surface area contributed by atoms with E-state index in [-0.39, 0.29) is 43.7 Å². The molecule has 37 heavy (non-hydrogen) atoms. The van der Waals surface area contributed by atoms with Crippen LogP contribution in [0.15, 0.2) is 48.5 Å². The zero-order valence-electron chi connectivity index (χ0n) is 22.6. The Hall–Kier alpha value is -3.27. The minimum absolute atomic E-state index is 0.0712. The highest BCUT2D eigenvalue weighted by molar-refractivity contribution is 7.92. The van der Waals surface area contributed by atoms with Gasteiger partial charge in [0.1, 0.15) is 17.5 Å². The molecule has 0 aliphatic rings. The van der Waals surface area contributed by atoms with E-state index in [1.54, 1.807) is 38.3 Å². The van der Waals surface area contributed by atoms with Crippen molar-refractivity contribution in [3.63, 3.8) is 0 Å². The van der Waals surface area contributed by atoms with Crippen molar-refractivity contribution in [2.45, 2.75) is 46.2 Å². The summed E-state index contributed by atoms with van der Waals surface area (Å²) in [6.45, 7) is 6.54. The van der Waals surface area contributed by atoms with Crippen LogP contribution in [0.25, 0.3) is 0 Å². The predicted molar refractivity (Wildman–Crippen MR) is 145 cm³/mol. The number of methoxy groups -OCH3 is 2. The molecule has 204 valence electrons. The largest absolute Gasteiger partial charge is 0.497 e. The second kappa shape index (κ2) is 13.9. The van der Waals surface area contributed by atoms with Gasteiger partial charge in [0.15, 0.2) is 0 Å². The molecule has 10 heteroatoms. The molecule has 0 aromatic heterocycles. The second-order valence-electron chi connectivity index (χ2n) is 9.33. The molecule has 1 atom stereocenters. The summed E-state index contributed by atoms with van der Waals surface area (Å²) in [6.07, 6.45) is 1.48. The first-order valence-electron chi connectivity index (χ1n) is 12.3. The fourth-order valence-electron chi connectivity index (χ4n) is 3.77. The third-order valence-corrected chi connectivity index (χ3v) is 7.03. The van der Waals surface area contributed by atoms with Gasteiger partial charge in [0.25, 0.3) is 0 Å². The van der Waals surface area contributed by atoms with Gasteiger partial charge in [-0.3, -0.25) is 13.9 Å². The maximum Gasteiger partial charge on any atom is 0.242 e. The van der Waals surface area contributed by atoms with Crippen LogP contribution in [-0.4, -0.2) is 64.7 Å². The Bertz CT molecular complexity index is 1150. The molecule has 9 nitrogen and oxygen atoms in total. The molecule has 0 fully saturated rings. The lowest BCUT2D eigenvalue weighted by atomic mass is 10.1. The summed E-state index contributed by atoms with van der Waals surface area (Å²) in [6, 6.07) is 13.4. The number of nitrogens with zero attached hydrogens (tertiary/aromatic N) is 2. The number of nitrogens with one attached hydrogen (secondary N) is 1. The third kappa shape index (κ3) is 9.27. The first kappa shape index (κ1) is 30.0. The molecular formula is C27H39N3O6S. The number of hydrogen-bond acceptors (Lipinski definition) is 6. The van der Waals surface area contributed by atoms with E-state index in [1.165, 1.54) is 16.3 Å². The fourth-order valence-corrected chi connectivity index (χ4v) is 4.73. The molecule has 2 aromatic carbocycles. The molecule has 0 aliphatic heterocycles. The highest BCUT2D eigenvalue weighted by atomic mass is 32.2. The lowest BCUT2D eigenvalue weighted by molar-refractivity contribution is -0.140. The summed E-state index contributed by atoms with van der Waals surface area (Å²) < 4.78 is 36.8. The first-order valence-corrected chi connectivity index (χ1v) is 14.1. The van der Waals surface area contributed by atoms with E-state index in [0.717, 1.165) is 11.8 Å². The summed E-state index contributed by atoms with van der Waals surface area (Å²) in [5, 5.41) is 2.90. The summed E-state index contributed by atoms with van der Waals surface area (Å²) >= 11 is 0. The average molecular weight is 534 g/mol. The maximum atomic E-state index is 13.4. The molecule has 2 amide bonds. The smallest absolute Gasteiger partial charge is 0.242 e. The molecule has 0 heterocycles. The van der Waals surface area contributed by atoms with Crippen molar-refractivity contribution in [3.05, 3.63) is 54.1 Å². The van der Waals surface area contributed by atoms with Crippen LogP contribution in [0.3, 0.4) is 0 Å². The van der Waals surface area contributed by atoms with Crippen molar-refractivity contribution in [1.82, 2.24) is 10.2 Å². The van der Waals surface area contributed by atoms with E-state index < -0.39 is 16.1 Å². The number of carbonyl (C=O) groups excluding carboxylic acids is 2. The SMILES string of the molecule is COc1cccc(CN(C(=O)CCCN(c2cccc(OC)c2)S(C)(=O)=O)[C@H](C)C(=O)NCC(C)C)c1. The monoisotopic (exact) mass is 533 g/mol. The van der Waals surface area contributed by atoms with Gasteiger partial charge in [-0.05, 0) is 49.1 Å². The number of hydrogen-bond donors (Lipinski definition) is 1. The number of anilines is 1. The molecule has 1 N–H and O–H groups in total. The van der Waals surface area contributed by atoms with Crippen molar-refractivity contribution in [1.29, 1.82) is 0 Å². The van der Waals surface area contributed by atoms with Gasteiger partial charge >= 0.3 is 0 Å². The summed E-state index contributed by atoms with van der Waals surface area (Å²) in [7, 11) is -0.507. The van der Waals surface area contributed by atoms with Crippen LogP contribution in [0.1, 0.15) is 39.2 Å². The Morgan fingerprint density at radius 2 is 1.59 bits per heavy atom. The average Bonchev–Trinajstić information content (AvgIpc) is 2.87. The van der Waals surface area contributed by atoms with Crippen LogP contribution >= 0.6 is 0 Å². The lowest BCUT2D eigenvalue weighted by Gasteiger charge is -2.30. The lowest BCUT2D eigenvalue weighted by Crippen LogP contribution is -2.48. The van der Waals surface area contributed by atoms with Crippen molar-refractivity contribution < 1.29 is 27.5 Å². The van der Waals surface area contributed by atoms with Crippen LogP contribution in [0.2, 0.25) is 0 Å². The molecule has 0 bridgehead atoms. The van der Waals surface area contributed by atoms with Crippen molar-refractivity contribution in [3.8, 4) is 11.5 Å². The Balaban J connectivity index is 2.19. The fraction of sp³-hybridized carbons (Fsp3) is 0.481. The van der Waals surface area contributed by atoms with Gasteiger partial charge in [0.05, 0.1) is 26.2 Å². The van der Waals surface area contributed by atoms with Gasteiger partial charge in [0.2, 0.25) is 21.8 Å². The van der Waals surface area contributed by atoms with Crippen LogP contribution < -0.4 is 19.1 Å². The van der Waals surface area contributed by atoms with Crippen LogP contribution in [0.5, 0.6) is 11.5 Å². The summed E-state index contributed by atoms with van der Waals surface area (Å²) in [5.41, 5.74) is 1.29. The first-order chi connectivity index (χ1) is 17.5. The number of ether oxygens (including phenoxy) is 2. The van der Waals surface area contributed by atoms with Gasteiger partial charge in [-0.25, -0.2) is 8.42 Å². The molecular weight excluding hydrogens is 494 g/mol. The quantitative estimate of drug-likeness (QED) is 0.399. The number of amides is 2. The van der Waals surface area contributed by atoms with Gasteiger partial charge < -0.3 is 19.7 Å². The Labute approximate surface area is 220 Å². The van der Waals surface area contributed by atoms with Crippen LogP contribution in [-0.2, 0) is 26.2 Å². The highest BCUT2D eigenvalue weighted by Crippen LogP contribution is 2.24. The van der Waals surface area contributed by atoms with Gasteiger partial charge in [0, 0.05) is 32.1 Å². The van der Waals surface area contributed by atoms with Gasteiger partial charge in [-0.1, -0.05) is 32.0 Å². The normalized spacial score (nSPS) is 12.1. The maximum absolute atomic E-state index is 13.4. The van der Waals surface area contributed by atoms with Crippen LogP contribution in [0.4, 0.5) is 5.69 Å². The molecule has 0 saturated carbocycles. The van der Waals surface area contributed by atoms with Crippen molar-refractivity contribution in [2.24, 2.45) is 5.92 Å². The van der Waals surface area contributed by atoms with E-state index in [1.807, 2.05) is 38.1 Å². The Kier molecular flexibility index (Phi) is 11.2. The zero-order chi connectivity index (χ0) is 27.6. The van der Waals surface area contributed by atoms with Gasteiger partial charge in [-0.15, -0.1) is 0 Å². The van der Waals surface area contributed by atoms with Gasteiger partial charge in [-0.2, -0.15) is 0 Å². The molecule has 2 aromatic rings. The number of sulfonamides is 1. The van der Waals surface area contributed by atoms with Crippen molar-refractivity contribution in [2.75, 3.05) is 37.9 Å². The molecule has 0 spiro atoms. The highest BCUT2D eigenvalue weighted by Gasteiger charge is 2.27.